The summed E-state index contributed by atoms with van der Waals surface area (Å²) < 4.78 is 17.0. The van der Waals surface area contributed by atoms with Gasteiger partial charge in [-0.05, 0) is 48.5 Å². The third kappa shape index (κ3) is 6.67. The van der Waals surface area contributed by atoms with Crippen LogP contribution in [0.1, 0.15) is 13.8 Å². The van der Waals surface area contributed by atoms with E-state index in [1.807, 2.05) is 62.4 Å². The molecular weight excluding hydrogens is 328 g/mol. The van der Waals surface area contributed by atoms with E-state index in [1.165, 1.54) is 0 Å². The van der Waals surface area contributed by atoms with Gasteiger partial charge in [-0.15, -0.1) is 0 Å². The fourth-order valence-electron chi connectivity index (χ4n) is 1.78. The van der Waals surface area contributed by atoms with Gasteiger partial charge in [0.15, 0.2) is 0 Å². The van der Waals surface area contributed by atoms with Crippen molar-refractivity contribution in [3.63, 3.8) is 0 Å². The Balaban J connectivity index is 1.88. The molecule has 0 fully saturated rings. The Kier molecular flexibility index (Phi) is 6.99. The molecule has 0 amide bonds. The predicted molar refractivity (Wildman–Crippen MR) is 101 cm³/mol. The van der Waals surface area contributed by atoms with Gasteiger partial charge in [0.25, 0.3) is 0 Å². The van der Waals surface area contributed by atoms with Crippen LogP contribution in [0, 0.1) is 0 Å². The van der Waals surface area contributed by atoms with Crippen molar-refractivity contribution in [2.24, 2.45) is 0 Å². The monoisotopic (exact) mass is 350 g/mol. The number of ether oxygens (including phenoxy) is 3. The topological polar surface area (TPSA) is 27.7 Å². The molecule has 0 saturated carbocycles. The Hall–Kier alpha value is -1.46. The molecule has 0 aliphatic rings. The first-order valence-corrected chi connectivity index (χ1v) is 8.56. The van der Waals surface area contributed by atoms with Crippen molar-refractivity contribution in [1.29, 1.82) is 0 Å². The van der Waals surface area contributed by atoms with Crippen molar-refractivity contribution in [1.82, 2.24) is 0 Å². The van der Waals surface area contributed by atoms with E-state index in [1.54, 1.807) is 0 Å². The maximum atomic E-state index is 5.80. The van der Waals surface area contributed by atoms with Crippen LogP contribution in [-0.4, -0.2) is 23.7 Å². The van der Waals surface area contributed by atoms with Gasteiger partial charge in [0.1, 0.15) is 23.0 Å². The highest BCUT2D eigenvalue weighted by molar-refractivity contribution is 7.81. The Bertz CT molecular complexity index is 527. The van der Waals surface area contributed by atoms with E-state index in [0.717, 1.165) is 23.0 Å². The summed E-state index contributed by atoms with van der Waals surface area (Å²) in [5.41, 5.74) is 0. The maximum Gasteiger partial charge on any atom is 0.127 e. The maximum absolute atomic E-state index is 5.80. The minimum absolute atomic E-state index is 0.206. The van der Waals surface area contributed by atoms with Crippen LogP contribution in [0.4, 0.5) is 0 Å². The van der Waals surface area contributed by atoms with Gasteiger partial charge in [0.2, 0.25) is 0 Å². The summed E-state index contributed by atoms with van der Waals surface area (Å²) in [4.78, 5) is 0. The molecule has 23 heavy (non-hydrogen) atoms. The SMILES string of the molecule is CC(S)COc1ccc(Oc2ccc(OCC(C)S)cc2)cc1. The zero-order valence-electron chi connectivity index (χ0n) is 13.3. The van der Waals surface area contributed by atoms with E-state index in [-0.39, 0.29) is 10.5 Å². The predicted octanol–water partition coefficient (Wildman–Crippen LogP) is 4.87. The number of rotatable bonds is 8. The summed E-state index contributed by atoms with van der Waals surface area (Å²) in [5.74, 6) is 3.13. The molecule has 124 valence electrons. The van der Waals surface area contributed by atoms with Gasteiger partial charge in [-0.25, -0.2) is 0 Å². The lowest BCUT2D eigenvalue weighted by Crippen LogP contribution is -2.07. The fourth-order valence-corrected chi connectivity index (χ4v) is 1.93. The van der Waals surface area contributed by atoms with E-state index in [4.69, 9.17) is 14.2 Å². The van der Waals surface area contributed by atoms with Crippen molar-refractivity contribution in [2.45, 2.75) is 24.3 Å². The second-order valence-electron chi connectivity index (χ2n) is 5.36. The summed E-state index contributed by atoms with van der Waals surface area (Å²) in [5, 5.41) is 0.411. The lowest BCUT2D eigenvalue weighted by molar-refractivity contribution is 0.322. The van der Waals surface area contributed by atoms with Gasteiger partial charge in [-0.1, -0.05) is 13.8 Å². The molecule has 2 rings (SSSR count). The van der Waals surface area contributed by atoms with Gasteiger partial charge < -0.3 is 14.2 Å². The summed E-state index contributed by atoms with van der Waals surface area (Å²) in [7, 11) is 0. The molecule has 2 unspecified atom stereocenters. The van der Waals surface area contributed by atoms with Crippen LogP contribution in [0.3, 0.4) is 0 Å². The molecule has 0 N–H and O–H groups in total. The van der Waals surface area contributed by atoms with E-state index < -0.39 is 0 Å². The molecular formula is C18H22O3S2. The quantitative estimate of drug-likeness (QED) is 0.665. The van der Waals surface area contributed by atoms with E-state index >= 15 is 0 Å². The molecule has 3 nitrogen and oxygen atoms in total. The Labute approximate surface area is 148 Å². The lowest BCUT2D eigenvalue weighted by Gasteiger charge is -2.11. The van der Waals surface area contributed by atoms with Crippen LogP contribution >= 0.6 is 25.3 Å². The van der Waals surface area contributed by atoms with Crippen molar-refractivity contribution >= 4 is 25.3 Å². The Morgan fingerprint density at radius 2 is 0.957 bits per heavy atom. The summed E-state index contributed by atoms with van der Waals surface area (Å²) >= 11 is 8.57. The third-order valence-corrected chi connectivity index (χ3v) is 3.16. The van der Waals surface area contributed by atoms with Crippen LogP contribution in [0.15, 0.2) is 48.5 Å². The lowest BCUT2D eigenvalue weighted by atomic mass is 10.3. The minimum atomic E-state index is 0.206. The van der Waals surface area contributed by atoms with Gasteiger partial charge in [0.05, 0.1) is 13.2 Å². The highest BCUT2D eigenvalue weighted by Gasteiger charge is 2.02. The normalized spacial score (nSPS) is 13.2. The molecule has 0 spiro atoms. The summed E-state index contributed by atoms with van der Waals surface area (Å²) in [6, 6.07) is 15.1. The molecule has 0 aliphatic carbocycles. The summed E-state index contributed by atoms with van der Waals surface area (Å²) in [6.45, 7) is 5.14. The van der Waals surface area contributed by atoms with Gasteiger partial charge >= 0.3 is 0 Å². The molecule has 2 aromatic carbocycles. The standard InChI is InChI=1S/C18H22O3S2/c1-13(22)11-19-15-3-7-17(8-4-15)21-18-9-5-16(6-10-18)20-12-14(2)23/h3-10,13-14,22-23H,11-12H2,1-2H3. The molecule has 0 radical (unpaired) electrons. The van der Waals surface area contributed by atoms with E-state index in [9.17, 15) is 0 Å². The molecule has 5 heteroatoms. The first-order chi connectivity index (χ1) is 11.0. The molecule has 0 heterocycles. The molecule has 0 bridgehead atoms. The zero-order chi connectivity index (χ0) is 16.7. The number of hydrogen-bond donors (Lipinski definition) is 2. The van der Waals surface area contributed by atoms with Gasteiger partial charge in [0, 0.05) is 10.5 Å². The minimum Gasteiger partial charge on any atom is -0.492 e. The Morgan fingerprint density at radius 3 is 1.26 bits per heavy atom. The first kappa shape index (κ1) is 17.9. The van der Waals surface area contributed by atoms with Crippen LogP contribution < -0.4 is 14.2 Å². The summed E-state index contributed by atoms with van der Waals surface area (Å²) in [6.07, 6.45) is 0. The van der Waals surface area contributed by atoms with Crippen molar-refractivity contribution in [2.75, 3.05) is 13.2 Å². The second-order valence-corrected chi connectivity index (χ2v) is 7.13. The van der Waals surface area contributed by atoms with E-state index in [0.29, 0.717) is 13.2 Å². The van der Waals surface area contributed by atoms with Gasteiger partial charge in [-0.2, -0.15) is 25.3 Å². The number of thiol groups is 2. The van der Waals surface area contributed by atoms with Crippen LogP contribution in [0.5, 0.6) is 23.0 Å². The Morgan fingerprint density at radius 1 is 0.652 bits per heavy atom. The number of benzene rings is 2. The second kappa shape index (κ2) is 8.99. The van der Waals surface area contributed by atoms with Gasteiger partial charge in [-0.3, -0.25) is 0 Å². The smallest absolute Gasteiger partial charge is 0.127 e. The molecule has 2 atom stereocenters. The first-order valence-electron chi connectivity index (χ1n) is 7.52. The van der Waals surface area contributed by atoms with Crippen LogP contribution in [-0.2, 0) is 0 Å². The van der Waals surface area contributed by atoms with Crippen LogP contribution in [0.25, 0.3) is 0 Å². The zero-order valence-corrected chi connectivity index (χ0v) is 15.1. The van der Waals surface area contributed by atoms with Crippen molar-refractivity contribution in [3.8, 4) is 23.0 Å². The average molecular weight is 351 g/mol. The molecule has 2 aromatic rings. The molecule has 0 saturated heterocycles. The van der Waals surface area contributed by atoms with E-state index in [2.05, 4.69) is 25.3 Å². The fraction of sp³-hybridized carbons (Fsp3) is 0.333. The van der Waals surface area contributed by atoms with Crippen molar-refractivity contribution in [3.05, 3.63) is 48.5 Å². The highest BCUT2D eigenvalue weighted by Crippen LogP contribution is 2.26. The largest absolute Gasteiger partial charge is 0.492 e. The van der Waals surface area contributed by atoms with Crippen molar-refractivity contribution < 1.29 is 14.2 Å². The average Bonchev–Trinajstić information content (AvgIpc) is 2.53. The molecule has 0 aliphatic heterocycles. The highest BCUT2D eigenvalue weighted by atomic mass is 32.1. The van der Waals surface area contributed by atoms with Crippen LogP contribution in [0.2, 0.25) is 0 Å². The molecule has 0 aromatic heterocycles. The number of hydrogen-bond acceptors (Lipinski definition) is 5. The third-order valence-electron chi connectivity index (χ3n) is 2.87.